The lowest BCUT2D eigenvalue weighted by Gasteiger charge is -2.14. The van der Waals surface area contributed by atoms with E-state index in [1.54, 1.807) is 0 Å². The fourth-order valence-corrected chi connectivity index (χ4v) is 3.83. The predicted molar refractivity (Wildman–Crippen MR) is 111 cm³/mol. The van der Waals surface area contributed by atoms with Crippen molar-refractivity contribution in [2.75, 3.05) is 0 Å². The van der Waals surface area contributed by atoms with Gasteiger partial charge >= 0.3 is 7.82 Å². The quantitative estimate of drug-likeness (QED) is 0.130. The van der Waals surface area contributed by atoms with Crippen molar-refractivity contribution in [3.63, 3.8) is 0 Å². The second kappa shape index (κ2) is 18.2. The summed E-state index contributed by atoms with van der Waals surface area (Å²) < 4.78 is 15.5. The molecule has 0 aromatic heterocycles. The van der Waals surface area contributed by atoms with E-state index in [-0.39, 0.29) is 0 Å². The molecule has 0 amide bonds. The largest absolute Gasteiger partial charge is 0.470 e. The molecule has 1 unspecified atom stereocenters. The first-order chi connectivity index (χ1) is 12.5. The van der Waals surface area contributed by atoms with Crippen LogP contribution in [0.15, 0.2) is 12.7 Å². The molecule has 0 bridgehead atoms. The third-order valence-electron chi connectivity index (χ3n) is 4.88. The standard InChI is InChI=1S/C21H43O4P/c1-3-5-6-7-8-9-10-11-12-13-14-15-16-17-18-19-20-21(4-2)25-26(22,23)24/h4,21H,2-3,5-20H2,1H3,(H2,22,23,24). The van der Waals surface area contributed by atoms with Crippen molar-refractivity contribution in [3.05, 3.63) is 12.7 Å². The Bertz CT molecular complexity index is 354. The SMILES string of the molecule is C=CC(CCCCCCCCCCCCCCCCCC)OP(=O)(O)O. The molecule has 0 aliphatic heterocycles. The fourth-order valence-electron chi connectivity index (χ4n) is 3.28. The summed E-state index contributed by atoms with van der Waals surface area (Å²) in [5, 5.41) is 0. The summed E-state index contributed by atoms with van der Waals surface area (Å²) in [7, 11) is -4.40. The number of rotatable bonds is 20. The Morgan fingerprint density at radius 1 is 0.769 bits per heavy atom. The number of unbranched alkanes of at least 4 members (excludes halogenated alkanes) is 15. The molecule has 5 heteroatoms. The minimum Gasteiger partial charge on any atom is -0.303 e. The van der Waals surface area contributed by atoms with Crippen molar-refractivity contribution in [2.45, 2.75) is 122 Å². The highest BCUT2D eigenvalue weighted by molar-refractivity contribution is 7.46. The Kier molecular flexibility index (Phi) is 18.1. The van der Waals surface area contributed by atoms with Crippen molar-refractivity contribution in [1.82, 2.24) is 0 Å². The highest BCUT2D eigenvalue weighted by atomic mass is 31.2. The zero-order chi connectivity index (χ0) is 19.5. The van der Waals surface area contributed by atoms with Gasteiger partial charge in [-0.3, -0.25) is 4.52 Å². The molecule has 0 aliphatic rings. The van der Waals surface area contributed by atoms with Gasteiger partial charge < -0.3 is 9.79 Å². The summed E-state index contributed by atoms with van der Waals surface area (Å²) in [6.07, 6.45) is 22.7. The molecular weight excluding hydrogens is 347 g/mol. The zero-order valence-electron chi connectivity index (χ0n) is 17.0. The highest BCUT2D eigenvalue weighted by Gasteiger charge is 2.19. The highest BCUT2D eigenvalue weighted by Crippen LogP contribution is 2.38. The van der Waals surface area contributed by atoms with Gasteiger partial charge in [0.15, 0.2) is 0 Å². The maximum atomic E-state index is 10.8. The average molecular weight is 391 g/mol. The topological polar surface area (TPSA) is 66.8 Å². The van der Waals surface area contributed by atoms with E-state index in [0.29, 0.717) is 6.42 Å². The summed E-state index contributed by atoms with van der Waals surface area (Å²) in [5.41, 5.74) is 0. The van der Waals surface area contributed by atoms with E-state index < -0.39 is 13.9 Å². The summed E-state index contributed by atoms with van der Waals surface area (Å²) in [5.74, 6) is 0. The van der Waals surface area contributed by atoms with Crippen LogP contribution in [0.2, 0.25) is 0 Å². The van der Waals surface area contributed by atoms with Crippen molar-refractivity contribution < 1.29 is 18.9 Å². The second-order valence-corrected chi connectivity index (χ2v) is 8.65. The minimum absolute atomic E-state index is 0.539. The van der Waals surface area contributed by atoms with Crippen LogP contribution in [0, 0.1) is 0 Å². The van der Waals surface area contributed by atoms with Crippen LogP contribution >= 0.6 is 7.82 Å². The molecular formula is C21H43O4P. The summed E-state index contributed by atoms with van der Waals surface area (Å²) in [6, 6.07) is 0. The lowest BCUT2D eigenvalue weighted by Crippen LogP contribution is -2.07. The van der Waals surface area contributed by atoms with Gasteiger partial charge in [-0.1, -0.05) is 116 Å². The first-order valence-electron chi connectivity index (χ1n) is 10.9. The molecule has 0 aliphatic carbocycles. The second-order valence-electron chi connectivity index (χ2n) is 7.46. The van der Waals surface area contributed by atoms with Gasteiger partial charge in [-0.05, 0) is 6.42 Å². The third kappa shape index (κ3) is 20.2. The van der Waals surface area contributed by atoms with Gasteiger partial charge in [0.1, 0.15) is 0 Å². The van der Waals surface area contributed by atoms with Crippen LogP contribution in [0.1, 0.15) is 116 Å². The molecule has 0 spiro atoms. The van der Waals surface area contributed by atoms with Crippen LogP contribution in [0.25, 0.3) is 0 Å². The molecule has 0 radical (unpaired) electrons. The van der Waals surface area contributed by atoms with E-state index in [2.05, 4.69) is 18.0 Å². The molecule has 0 aromatic rings. The van der Waals surface area contributed by atoms with E-state index in [0.717, 1.165) is 12.8 Å². The van der Waals surface area contributed by atoms with E-state index in [9.17, 15) is 4.57 Å². The Morgan fingerprint density at radius 2 is 1.12 bits per heavy atom. The molecule has 0 fully saturated rings. The fraction of sp³-hybridized carbons (Fsp3) is 0.905. The maximum Gasteiger partial charge on any atom is 0.470 e. The molecule has 0 saturated heterocycles. The predicted octanol–water partition coefficient (Wildman–Crippen LogP) is 7.30. The van der Waals surface area contributed by atoms with Gasteiger partial charge in [0.05, 0.1) is 6.10 Å². The van der Waals surface area contributed by atoms with E-state index in [1.165, 1.54) is 96.0 Å². The van der Waals surface area contributed by atoms with Gasteiger partial charge in [-0.25, -0.2) is 4.57 Å². The summed E-state index contributed by atoms with van der Waals surface area (Å²) in [4.78, 5) is 17.6. The third-order valence-corrected chi connectivity index (χ3v) is 5.42. The van der Waals surface area contributed by atoms with E-state index in [1.807, 2.05) is 0 Å². The number of phosphoric ester groups is 1. The summed E-state index contributed by atoms with van der Waals surface area (Å²) in [6.45, 7) is 5.84. The molecule has 0 aromatic carbocycles. The lowest BCUT2D eigenvalue weighted by atomic mass is 10.0. The Morgan fingerprint density at radius 3 is 1.42 bits per heavy atom. The molecule has 0 heterocycles. The van der Waals surface area contributed by atoms with Crippen LogP contribution in [0.5, 0.6) is 0 Å². The first kappa shape index (κ1) is 25.9. The molecule has 0 saturated carbocycles. The van der Waals surface area contributed by atoms with Crippen LogP contribution in [0.3, 0.4) is 0 Å². The molecule has 26 heavy (non-hydrogen) atoms. The Hall–Kier alpha value is -0.150. The van der Waals surface area contributed by atoms with Crippen molar-refractivity contribution in [1.29, 1.82) is 0 Å². The number of hydrogen-bond acceptors (Lipinski definition) is 2. The average Bonchev–Trinajstić information content (AvgIpc) is 2.59. The number of hydrogen-bond donors (Lipinski definition) is 2. The Labute approximate surface area is 162 Å². The van der Waals surface area contributed by atoms with Crippen molar-refractivity contribution in [3.8, 4) is 0 Å². The number of phosphoric acid groups is 1. The van der Waals surface area contributed by atoms with Crippen LogP contribution in [-0.4, -0.2) is 15.9 Å². The van der Waals surface area contributed by atoms with Crippen LogP contribution in [0.4, 0.5) is 0 Å². The van der Waals surface area contributed by atoms with Gasteiger partial charge in [-0.2, -0.15) is 0 Å². The molecule has 4 nitrogen and oxygen atoms in total. The lowest BCUT2D eigenvalue weighted by molar-refractivity contribution is 0.153. The van der Waals surface area contributed by atoms with Gasteiger partial charge in [0.2, 0.25) is 0 Å². The monoisotopic (exact) mass is 390 g/mol. The zero-order valence-corrected chi connectivity index (χ0v) is 17.9. The first-order valence-corrected chi connectivity index (χ1v) is 12.4. The molecule has 1 atom stereocenters. The van der Waals surface area contributed by atoms with Crippen molar-refractivity contribution in [2.24, 2.45) is 0 Å². The van der Waals surface area contributed by atoms with Gasteiger partial charge in [0, 0.05) is 0 Å². The van der Waals surface area contributed by atoms with E-state index in [4.69, 9.17) is 9.79 Å². The Balaban J connectivity index is 3.24. The van der Waals surface area contributed by atoms with Crippen LogP contribution < -0.4 is 0 Å². The normalized spacial score (nSPS) is 13.0. The van der Waals surface area contributed by atoms with Gasteiger partial charge in [-0.15, -0.1) is 6.58 Å². The maximum absolute atomic E-state index is 10.8. The van der Waals surface area contributed by atoms with E-state index >= 15 is 0 Å². The van der Waals surface area contributed by atoms with Crippen LogP contribution in [-0.2, 0) is 9.09 Å². The summed E-state index contributed by atoms with van der Waals surface area (Å²) >= 11 is 0. The van der Waals surface area contributed by atoms with Gasteiger partial charge in [0.25, 0.3) is 0 Å². The minimum atomic E-state index is -4.40. The molecule has 156 valence electrons. The molecule has 0 rings (SSSR count). The molecule has 2 N–H and O–H groups in total. The van der Waals surface area contributed by atoms with Crippen molar-refractivity contribution >= 4 is 7.82 Å². The smallest absolute Gasteiger partial charge is 0.303 e.